The average Bonchev–Trinajstić information content (AvgIpc) is 3.12. The highest BCUT2D eigenvalue weighted by atomic mass is 16.8. The molecule has 0 aliphatic heterocycles. The second-order valence-corrected chi connectivity index (χ2v) is 11.4. The summed E-state index contributed by atoms with van der Waals surface area (Å²) >= 11 is 0. The molecule has 5 rings (SSSR count). The molecule has 5 aromatic carbocycles. The largest absolute Gasteiger partial charge is 0.516 e. The first-order valence-corrected chi connectivity index (χ1v) is 16.2. The molecule has 0 bridgehead atoms. The summed E-state index contributed by atoms with van der Waals surface area (Å²) in [6.45, 7) is 2.91. The van der Waals surface area contributed by atoms with Crippen LogP contribution in [0.4, 0.5) is 21.9 Å². The van der Waals surface area contributed by atoms with Crippen molar-refractivity contribution in [3.63, 3.8) is 0 Å². The van der Waals surface area contributed by atoms with Crippen LogP contribution >= 0.6 is 0 Å². The van der Waals surface area contributed by atoms with Gasteiger partial charge < -0.3 is 23.8 Å². The van der Waals surface area contributed by atoms with Crippen molar-refractivity contribution < 1.29 is 28.5 Å². The van der Waals surface area contributed by atoms with Crippen LogP contribution in [0.15, 0.2) is 127 Å². The van der Waals surface area contributed by atoms with E-state index in [0.717, 1.165) is 54.1 Å². The highest BCUT2D eigenvalue weighted by molar-refractivity contribution is 5.76. The second kappa shape index (κ2) is 16.8. The molecule has 5 aromatic rings. The molecule has 7 heteroatoms. The molecule has 0 N–H and O–H groups in total. The van der Waals surface area contributed by atoms with Crippen LogP contribution in [0.5, 0.6) is 11.5 Å². The van der Waals surface area contributed by atoms with Crippen LogP contribution in [-0.4, -0.2) is 26.0 Å². The minimum absolute atomic E-state index is 0.125. The number of esters is 1. The van der Waals surface area contributed by atoms with Gasteiger partial charge in [-0.25, -0.2) is 4.79 Å². The van der Waals surface area contributed by atoms with Crippen molar-refractivity contribution in [3.8, 4) is 11.5 Å². The van der Waals surface area contributed by atoms with Gasteiger partial charge in [0, 0.05) is 29.9 Å². The lowest BCUT2D eigenvalue weighted by atomic mass is 9.86. The quantitative estimate of drug-likeness (QED) is 0.0677. The predicted octanol–water partition coefficient (Wildman–Crippen LogP) is 9.92. The van der Waals surface area contributed by atoms with Crippen LogP contribution in [-0.2, 0) is 27.1 Å². The molecule has 246 valence electrons. The van der Waals surface area contributed by atoms with Crippen LogP contribution in [0, 0.1) is 0 Å². The topological polar surface area (TPSA) is 74.3 Å². The predicted molar refractivity (Wildman–Crippen MR) is 188 cm³/mol. The molecule has 0 heterocycles. The van der Waals surface area contributed by atoms with E-state index in [9.17, 15) is 9.59 Å². The fourth-order valence-electron chi connectivity index (χ4n) is 5.64. The number of hydrogen-bond donors (Lipinski definition) is 0. The maximum atomic E-state index is 11.9. The lowest BCUT2D eigenvalue weighted by Crippen LogP contribution is -2.14. The number of carbonyl (C=O) groups excluding carboxylic acids is 2. The second-order valence-electron chi connectivity index (χ2n) is 11.4. The van der Waals surface area contributed by atoms with E-state index in [1.807, 2.05) is 30.3 Å². The van der Waals surface area contributed by atoms with E-state index in [4.69, 9.17) is 14.2 Å². The maximum absolute atomic E-state index is 11.9. The normalized spacial score (nSPS) is 11.3. The Hall–Kier alpha value is -5.56. The number of aryl methyl sites for hydroxylation is 2. The summed E-state index contributed by atoms with van der Waals surface area (Å²) in [6, 6.07) is 43.6. The maximum Gasteiger partial charge on any atom is 0.516 e. The number of para-hydroxylation sites is 1. The Kier molecular flexibility index (Phi) is 11.9. The van der Waals surface area contributed by atoms with Crippen LogP contribution in [0.3, 0.4) is 0 Å². The molecule has 0 fully saturated rings. The van der Waals surface area contributed by atoms with E-state index < -0.39 is 18.9 Å². The summed E-state index contributed by atoms with van der Waals surface area (Å²) in [7, 11) is 1.66. The van der Waals surface area contributed by atoms with Gasteiger partial charge in [0.1, 0.15) is 11.5 Å². The van der Waals surface area contributed by atoms with E-state index in [1.54, 1.807) is 19.2 Å². The van der Waals surface area contributed by atoms with Crippen molar-refractivity contribution >= 4 is 29.2 Å². The Morgan fingerprint density at radius 1 is 0.646 bits per heavy atom. The third-order valence-corrected chi connectivity index (χ3v) is 8.21. The third-order valence-electron chi connectivity index (χ3n) is 8.21. The van der Waals surface area contributed by atoms with Crippen LogP contribution in [0.1, 0.15) is 54.9 Å². The molecule has 0 saturated carbocycles. The Bertz CT molecular complexity index is 1740. The van der Waals surface area contributed by atoms with Crippen molar-refractivity contribution in [1.29, 1.82) is 0 Å². The number of nitrogens with zero attached hydrogens (tertiary/aromatic N) is 1. The number of ether oxygens (including phenoxy) is 4. The van der Waals surface area contributed by atoms with Crippen molar-refractivity contribution in [2.45, 2.75) is 45.4 Å². The molecule has 1 atom stereocenters. The molecule has 0 spiro atoms. The smallest absolute Gasteiger partial charge is 0.497 e. The van der Waals surface area contributed by atoms with E-state index in [2.05, 4.69) is 101 Å². The monoisotopic (exact) mass is 643 g/mol. The summed E-state index contributed by atoms with van der Waals surface area (Å²) in [5, 5.41) is 0. The first-order valence-electron chi connectivity index (χ1n) is 16.2. The SMILES string of the molecule is CCc1ccc(N(c2ccccc2)c2ccc(CCCC(c3ccc(OC)cc3)c3ccc(OC(=O)OCOC(C)=O)cc3)cc2)cc1. The molecule has 0 aliphatic carbocycles. The van der Waals surface area contributed by atoms with Crippen molar-refractivity contribution in [2.24, 2.45) is 0 Å². The summed E-state index contributed by atoms with van der Waals surface area (Å²) in [4.78, 5) is 25.1. The molecule has 0 aromatic heterocycles. The zero-order valence-corrected chi connectivity index (χ0v) is 27.6. The van der Waals surface area contributed by atoms with E-state index in [-0.39, 0.29) is 5.92 Å². The number of anilines is 3. The molecule has 0 saturated heterocycles. The molecule has 1 unspecified atom stereocenters. The lowest BCUT2D eigenvalue weighted by Gasteiger charge is -2.26. The zero-order valence-electron chi connectivity index (χ0n) is 27.6. The summed E-state index contributed by atoms with van der Waals surface area (Å²) in [5.74, 6) is 0.724. The molecule has 7 nitrogen and oxygen atoms in total. The Balaban J connectivity index is 1.27. The number of rotatable bonds is 14. The first-order chi connectivity index (χ1) is 23.4. The van der Waals surface area contributed by atoms with Crippen LogP contribution in [0.2, 0.25) is 0 Å². The molecule has 48 heavy (non-hydrogen) atoms. The molecular weight excluding hydrogens is 602 g/mol. The van der Waals surface area contributed by atoms with E-state index in [0.29, 0.717) is 5.75 Å². The van der Waals surface area contributed by atoms with Gasteiger partial charge in [-0.1, -0.05) is 73.7 Å². The van der Waals surface area contributed by atoms with Gasteiger partial charge in [-0.15, -0.1) is 0 Å². The van der Waals surface area contributed by atoms with E-state index in [1.165, 1.54) is 23.6 Å². The van der Waals surface area contributed by atoms with Crippen molar-refractivity contribution in [3.05, 3.63) is 150 Å². The van der Waals surface area contributed by atoms with Gasteiger partial charge in [0.2, 0.25) is 6.79 Å². The Labute approximate surface area is 282 Å². The van der Waals surface area contributed by atoms with E-state index >= 15 is 0 Å². The van der Waals surface area contributed by atoms with Crippen LogP contribution < -0.4 is 14.4 Å². The average molecular weight is 644 g/mol. The first kappa shape index (κ1) is 33.8. The molecule has 0 aliphatic rings. The Morgan fingerprint density at radius 2 is 1.19 bits per heavy atom. The van der Waals surface area contributed by atoms with Crippen molar-refractivity contribution in [1.82, 2.24) is 0 Å². The highest BCUT2D eigenvalue weighted by Crippen LogP contribution is 2.36. The summed E-state index contributed by atoms with van der Waals surface area (Å²) < 4.78 is 20.0. The van der Waals surface area contributed by atoms with Gasteiger partial charge in [0.15, 0.2) is 0 Å². The minimum Gasteiger partial charge on any atom is -0.497 e. The zero-order chi connectivity index (χ0) is 33.7. The van der Waals surface area contributed by atoms with Crippen LogP contribution in [0.25, 0.3) is 0 Å². The number of carbonyl (C=O) groups is 2. The lowest BCUT2D eigenvalue weighted by molar-refractivity contribution is -0.149. The molecular formula is C41H41NO6. The van der Waals surface area contributed by atoms with Gasteiger partial charge >= 0.3 is 12.1 Å². The molecule has 0 amide bonds. The van der Waals surface area contributed by atoms with Gasteiger partial charge in [0.05, 0.1) is 7.11 Å². The Morgan fingerprint density at radius 3 is 1.73 bits per heavy atom. The minimum atomic E-state index is -0.942. The number of hydrogen-bond acceptors (Lipinski definition) is 7. The number of benzene rings is 5. The summed E-state index contributed by atoms with van der Waals surface area (Å²) in [5.41, 5.74) is 8.23. The molecule has 0 radical (unpaired) electrons. The third kappa shape index (κ3) is 9.26. The van der Waals surface area contributed by atoms with Crippen molar-refractivity contribution in [2.75, 3.05) is 18.8 Å². The van der Waals surface area contributed by atoms with Gasteiger partial charge in [-0.05, 0) is 109 Å². The van der Waals surface area contributed by atoms with Gasteiger partial charge in [-0.2, -0.15) is 0 Å². The standard InChI is InChI=1S/C41H41NO6/c1-4-31-13-21-36(22-14-31)42(35-10-6-5-7-11-35)37-23-15-32(16-24-37)9-8-12-40(33-17-25-38(45-3)26-18-33)34-19-27-39(28-20-34)48-41(44)47-29-46-30(2)43/h5-7,10-11,13-28,40H,4,8-9,12,29H2,1-3H3. The fraction of sp³-hybridized carbons (Fsp3) is 0.220. The number of methoxy groups -OCH3 is 1. The highest BCUT2D eigenvalue weighted by Gasteiger charge is 2.17. The fourth-order valence-corrected chi connectivity index (χ4v) is 5.64. The summed E-state index contributed by atoms with van der Waals surface area (Å²) in [6.07, 6.45) is 2.88. The van der Waals surface area contributed by atoms with Gasteiger partial charge in [0.25, 0.3) is 0 Å². The van der Waals surface area contributed by atoms with Gasteiger partial charge in [-0.3, -0.25) is 4.79 Å².